The number of benzene rings is 1. The van der Waals surface area contributed by atoms with Crippen LogP contribution in [-0.2, 0) is 5.41 Å². The lowest BCUT2D eigenvalue weighted by molar-refractivity contribution is 0.591. The molecule has 1 aromatic carbocycles. The van der Waals surface area contributed by atoms with Crippen molar-refractivity contribution in [2.24, 2.45) is 0 Å². The molecule has 0 aliphatic rings. The summed E-state index contributed by atoms with van der Waals surface area (Å²) in [5.74, 6) is 0. The van der Waals surface area contributed by atoms with E-state index in [0.717, 1.165) is 11.2 Å². The lowest BCUT2D eigenvalue weighted by atomic mass is 9.80. The van der Waals surface area contributed by atoms with Gasteiger partial charge in [-0.2, -0.15) is 5.10 Å². The first-order chi connectivity index (χ1) is 9.48. The molecule has 2 heterocycles. The Kier molecular flexibility index (Phi) is 2.85. The summed E-state index contributed by atoms with van der Waals surface area (Å²) in [6.45, 7) is 8.89. The van der Waals surface area contributed by atoms with E-state index in [-0.39, 0.29) is 5.41 Å². The lowest BCUT2D eigenvalue weighted by Gasteiger charge is -2.24. The molecule has 3 aromatic rings. The van der Waals surface area contributed by atoms with Gasteiger partial charge in [0.25, 0.3) is 0 Å². The molecule has 0 aliphatic heterocycles. The Labute approximate surface area is 119 Å². The molecule has 3 rings (SSSR count). The van der Waals surface area contributed by atoms with E-state index in [1.54, 1.807) is 6.33 Å². The van der Waals surface area contributed by atoms with Crippen LogP contribution in [0.1, 0.15) is 31.9 Å². The first kappa shape index (κ1) is 12.9. The summed E-state index contributed by atoms with van der Waals surface area (Å²) in [6, 6.07) is 10.6. The van der Waals surface area contributed by atoms with Crippen LogP contribution in [0.4, 0.5) is 0 Å². The SMILES string of the molecule is Cc1cccc(C(C)(C)C)c1-c1cccn2ncnc12. The van der Waals surface area contributed by atoms with E-state index in [0.29, 0.717) is 0 Å². The van der Waals surface area contributed by atoms with Crippen molar-refractivity contribution >= 4 is 5.65 Å². The van der Waals surface area contributed by atoms with Gasteiger partial charge in [0.15, 0.2) is 5.65 Å². The monoisotopic (exact) mass is 265 g/mol. The van der Waals surface area contributed by atoms with Crippen LogP contribution < -0.4 is 0 Å². The van der Waals surface area contributed by atoms with Gasteiger partial charge in [-0.3, -0.25) is 0 Å². The summed E-state index contributed by atoms with van der Waals surface area (Å²) in [6.07, 6.45) is 3.54. The van der Waals surface area contributed by atoms with Crippen LogP contribution in [0, 0.1) is 6.92 Å². The largest absolute Gasteiger partial charge is 0.221 e. The van der Waals surface area contributed by atoms with Crippen LogP contribution in [0.15, 0.2) is 42.9 Å². The minimum absolute atomic E-state index is 0.0915. The van der Waals surface area contributed by atoms with Gasteiger partial charge >= 0.3 is 0 Å². The average Bonchev–Trinajstić information content (AvgIpc) is 2.85. The lowest BCUT2D eigenvalue weighted by Crippen LogP contribution is -2.13. The zero-order valence-electron chi connectivity index (χ0n) is 12.4. The molecular weight excluding hydrogens is 246 g/mol. The second-order valence-corrected chi connectivity index (χ2v) is 6.20. The predicted molar refractivity (Wildman–Crippen MR) is 81.9 cm³/mol. The predicted octanol–water partition coefficient (Wildman–Crippen LogP) is 4.00. The van der Waals surface area contributed by atoms with E-state index in [1.807, 2.05) is 16.8 Å². The van der Waals surface area contributed by atoms with Crippen molar-refractivity contribution in [2.45, 2.75) is 33.1 Å². The molecule has 3 heteroatoms. The topological polar surface area (TPSA) is 30.2 Å². The highest BCUT2D eigenvalue weighted by molar-refractivity contribution is 5.82. The Balaban J connectivity index is 2.37. The van der Waals surface area contributed by atoms with Gasteiger partial charge in [-0.1, -0.05) is 39.0 Å². The summed E-state index contributed by atoms with van der Waals surface area (Å²) in [4.78, 5) is 4.41. The third-order valence-corrected chi connectivity index (χ3v) is 3.65. The molecular formula is C17H19N3. The van der Waals surface area contributed by atoms with E-state index in [4.69, 9.17) is 0 Å². The molecule has 0 bridgehead atoms. The van der Waals surface area contributed by atoms with Crippen LogP contribution in [-0.4, -0.2) is 14.6 Å². The maximum absolute atomic E-state index is 4.41. The Morgan fingerprint density at radius 3 is 2.60 bits per heavy atom. The van der Waals surface area contributed by atoms with Crippen LogP contribution in [0.25, 0.3) is 16.8 Å². The van der Waals surface area contributed by atoms with Crippen molar-refractivity contribution in [3.05, 3.63) is 54.0 Å². The molecule has 0 N–H and O–H groups in total. The molecule has 0 radical (unpaired) electrons. The molecule has 0 unspecified atom stereocenters. The van der Waals surface area contributed by atoms with E-state index < -0.39 is 0 Å². The number of pyridine rings is 1. The first-order valence-electron chi connectivity index (χ1n) is 6.87. The van der Waals surface area contributed by atoms with Gasteiger partial charge in [0.1, 0.15) is 6.33 Å². The molecule has 20 heavy (non-hydrogen) atoms. The molecule has 0 fully saturated rings. The quantitative estimate of drug-likeness (QED) is 0.665. The number of hydrogen-bond acceptors (Lipinski definition) is 2. The van der Waals surface area contributed by atoms with Gasteiger partial charge in [0.05, 0.1) is 0 Å². The van der Waals surface area contributed by atoms with Crippen molar-refractivity contribution in [1.82, 2.24) is 14.6 Å². The van der Waals surface area contributed by atoms with Gasteiger partial charge in [-0.25, -0.2) is 9.50 Å². The van der Waals surface area contributed by atoms with Gasteiger partial charge in [0.2, 0.25) is 0 Å². The maximum Gasteiger partial charge on any atom is 0.163 e. The molecule has 0 spiro atoms. The van der Waals surface area contributed by atoms with Crippen LogP contribution in [0.3, 0.4) is 0 Å². The van der Waals surface area contributed by atoms with Crippen molar-refractivity contribution in [1.29, 1.82) is 0 Å². The number of rotatable bonds is 1. The summed E-state index contributed by atoms with van der Waals surface area (Å²) in [5.41, 5.74) is 6.04. The van der Waals surface area contributed by atoms with Gasteiger partial charge in [0, 0.05) is 11.8 Å². The summed E-state index contributed by atoms with van der Waals surface area (Å²) in [5, 5.41) is 4.23. The number of aryl methyl sites for hydroxylation is 1. The Hall–Kier alpha value is -2.16. The Bertz CT molecular complexity index is 763. The summed E-state index contributed by atoms with van der Waals surface area (Å²) < 4.78 is 1.83. The zero-order valence-corrected chi connectivity index (χ0v) is 12.4. The number of hydrogen-bond donors (Lipinski definition) is 0. The van der Waals surface area contributed by atoms with Crippen LogP contribution in [0.2, 0.25) is 0 Å². The highest BCUT2D eigenvalue weighted by atomic mass is 15.3. The summed E-state index contributed by atoms with van der Waals surface area (Å²) >= 11 is 0. The van der Waals surface area contributed by atoms with Crippen LogP contribution in [0.5, 0.6) is 0 Å². The molecule has 0 saturated carbocycles. The Morgan fingerprint density at radius 1 is 1.05 bits per heavy atom. The molecule has 0 amide bonds. The van der Waals surface area contributed by atoms with Crippen molar-refractivity contribution in [2.75, 3.05) is 0 Å². The number of aromatic nitrogens is 3. The second-order valence-electron chi connectivity index (χ2n) is 6.20. The minimum atomic E-state index is 0.0915. The fourth-order valence-electron chi connectivity index (χ4n) is 2.69. The fraction of sp³-hybridized carbons (Fsp3) is 0.294. The van der Waals surface area contributed by atoms with E-state index >= 15 is 0 Å². The van der Waals surface area contributed by atoms with Gasteiger partial charge < -0.3 is 0 Å². The highest BCUT2D eigenvalue weighted by Gasteiger charge is 2.21. The van der Waals surface area contributed by atoms with Gasteiger partial charge in [-0.05, 0) is 41.2 Å². The standard InChI is InChI=1S/C17H19N3/c1-12-7-5-9-14(17(2,3)4)15(12)13-8-6-10-20-16(13)18-11-19-20/h5-11H,1-4H3. The van der Waals surface area contributed by atoms with E-state index in [2.05, 4.69) is 62.0 Å². The van der Waals surface area contributed by atoms with Crippen LogP contribution >= 0.6 is 0 Å². The van der Waals surface area contributed by atoms with Gasteiger partial charge in [-0.15, -0.1) is 0 Å². The fourth-order valence-corrected chi connectivity index (χ4v) is 2.69. The van der Waals surface area contributed by atoms with Crippen molar-refractivity contribution in [3.63, 3.8) is 0 Å². The third-order valence-electron chi connectivity index (χ3n) is 3.65. The number of fused-ring (bicyclic) bond motifs is 1. The third kappa shape index (κ3) is 1.99. The molecule has 2 aromatic heterocycles. The summed E-state index contributed by atoms with van der Waals surface area (Å²) in [7, 11) is 0. The molecule has 0 aliphatic carbocycles. The van der Waals surface area contributed by atoms with E-state index in [1.165, 1.54) is 16.7 Å². The first-order valence-corrected chi connectivity index (χ1v) is 6.87. The highest BCUT2D eigenvalue weighted by Crippen LogP contribution is 2.36. The normalized spacial score (nSPS) is 12.0. The Morgan fingerprint density at radius 2 is 1.85 bits per heavy atom. The second kappa shape index (κ2) is 4.44. The molecule has 3 nitrogen and oxygen atoms in total. The van der Waals surface area contributed by atoms with Crippen molar-refractivity contribution < 1.29 is 0 Å². The zero-order chi connectivity index (χ0) is 14.3. The van der Waals surface area contributed by atoms with E-state index in [9.17, 15) is 0 Å². The molecule has 102 valence electrons. The van der Waals surface area contributed by atoms with Crippen molar-refractivity contribution in [3.8, 4) is 11.1 Å². The number of nitrogens with zero attached hydrogens (tertiary/aromatic N) is 3. The molecule has 0 atom stereocenters. The minimum Gasteiger partial charge on any atom is -0.221 e. The maximum atomic E-state index is 4.41. The average molecular weight is 265 g/mol. The smallest absolute Gasteiger partial charge is 0.163 e. The molecule has 0 saturated heterocycles.